The summed E-state index contributed by atoms with van der Waals surface area (Å²) in [5.41, 5.74) is 2.24. The molecule has 1 aliphatic heterocycles. The van der Waals surface area contributed by atoms with E-state index >= 15 is 0 Å². The number of aromatic nitrogens is 2. The monoisotopic (exact) mass is 412 g/mol. The molecule has 0 N–H and O–H groups in total. The molecule has 5 nitrogen and oxygen atoms in total. The Morgan fingerprint density at radius 1 is 0.806 bits per heavy atom. The Morgan fingerprint density at radius 2 is 1.55 bits per heavy atom. The van der Waals surface area contributed by atoms with Gasteiger partial charge in [-0.25, -0.2) is 14.4 Å². The van der Waals surface area contributed by atoms with Crippen LogP contribution in [-0.2, 0) is 0 Å². The summed E-state index contributed by atoms with van der Waals surface area (Å²) >= 11 is 0. The first-order chi connectivity index (χ1) is 15.2. The molecule has 4 aromatic rings. The van der Waals surface area contributed by atoms with E-state index in [9.17, 15) is 9.18 Å². The number of carbonyl (C=O) groups is 1. The van der Waals surface area contributed by atoms with Gasteiger partial charge in [-0.15, -0.1) is 0 Å². The smallest absolute Gasteiger partial charge is 0.254 e. The van der Waals surface area contributed by atoms with Crippen molar-refractivity contribution in [3.05, 3.63) is 90.2 Å². The summed E-state index contributed by atoms with van der Waals surface area (Å²) < 4.78 is 13.5. The highest BCUT2D eigenvalue weighted by Crippen LogP contribution is 2.28. The van der Waals surface area contributed by atoms with E-state index in [4.69, 9.17) is 9.97 Å². The van der Waals surface area contributed by atoms with E-state index in [1.165, 1.54) is 12.1 Å². The van der Waals surface area contributed by atoms with Crippen LogP contribution in [0.4, 0.5) is 10.2 Å². The maximum Gasteiger partial charge on any atom is 0.254 e. The minimum Gasteiger partial charge on any atom is -0.352 e. The summed E-state index contributed by atoms with van der Waals surface area (Å²) in [6.45, 7) is 2.40. The zero-order valence-corrected chi connectivity index (χ0v) is 16.9. The summed E-state index contributed by atoms with van der Waals surface area (Å²) in [6.07, 6.45) is 0. The standard InChI is InChI=1S/C25H21FN4O/c26-20-10-6-9-19(17-20)25(31)30-15-13-29(14-16-30)24-21-11-4-5-12-22(21)27-23(28-24)18-7-2-1-3-8-18/h1-12,17H,13-16H2. The number of hydrogen-bond acceptors (Lipinski definition) is 4. The zero-order chi connectivity index (χ0) is 21.2. The Hall–Kier alpha value is -3.80. The lowest BCUT2D eigenvalue weighted by Gasteiger charge is -2.36. The molecule has 0 aliphatic carbocycles. The van der Waals surface area contributed by atoms with E-state index in [0.717, 1.165) is 22.3 Å². The summed E-state index contributed by atoms with van der Waals surface area (Å²) in [5, 5.41) is 0.993. The van der Waals surface area contributed by atoms with Gasteiger partial charge in [0.05, 0.1) is 5.52 Å². The number of nitrogens with zero attached hydrogens (tertiary/aromatic N) is 4. The molecule has 1 saturated heterocycles. The lowest BCUT2D eigenvalue weighted by atomic mass is 10.1. The molecule has 6 heteroatoms. The first kappa shape index (κ1) is 19.2. The third-order valence-corrected chi connectivity index (χ3v) is 5.55. The highest BCUT2D eigenvalue weighted by atomic mass is 19.1. The molecule has 1 amide bonds. The van der Waals surface area contributed by atoms with Crippen LogP contribution in [0, 0.1) is 5.82 Å². The van der Waals surface area contributed by atoms with Crippen molar-refractivity contribution in [3.8, 4) is 11.4 Å². The van der Waals surface area contributed by atoms with Crippen molar-refractivity contribution in [1.82, 2.24) is 14.9 Å². The van der Waals surface area contributed by atoms with Crippen LogP contribution >= 0.6 is 0 Å². The van der Waals surface area contributed by atoms with Gasteiger partial charge in [-0.1, -0.05) is 48.5 Å². The van der Waals surface area contributed by atoms with Gasteiger partial charge in [-0.3, -0.25) is 4.79 Å². The molecule has 1 aromatic heterocycles. The number of fused-ring (bicyclic) bond motifs is 1. The minimum absolute atomic E-state index is 0.142. The summed E-state index contributed by atoms with van der Waals surface area (Å²) in [6, 6.07) is 23.8. The van der Waals surface area contributed by atoms with Gasteiger partial charge in [0.2, 0.25) is 0 Å². The van der Waals surface area contributed by atoms with Gasteiger partial charge >= 0.3 is 0 Å². The van der Waals surface area contributed by atoms with E-state index in [0.29, 0.717) is 37.6 Å². The second-order valence-corrected chi connectivity index (χ2v) is 7.54. The average molecular weight is 412 g/mol. The normalized spacial score (nSPS) is 14.1. The van der Waals surface area contributed by atoms with Gasteiger partial charge in [-0.05, 0) is 30.3 Å². The fraction of sp³-hybridized carbons (Fsp3) is 0.160. The Kier molecular flexibility index (Phi) is 5.04. The molecule has 0 radical (unpaired) electrons. The molecular weight excluding hydrogens is 391 g/mol. The number of anilines is 1. The van der Waals surface area contributed by atoms with Crippen LogP contribution in [0.5, 0.6) is 0 Å². The number of carbonyl (C=O) groups excluding carboxylic acids is 1. The van der Waals surface area contributed by atoms with Crippen molar-refractivity contribution in [1.29, 1.82) is 0 Å². The average Bonchev–Trinajstić information content (AvgIpc) is 2.83. The Balaban J connectivity index is 1.42. The van der Waals surface area contributed by atoms with Crippen molar-refractivity contribution in [2.45, 2.75) is 0 Å². The summed E-state index contributed by atoms with van der Waals surface area (Å²) in [5.74, 6) is 1.02. The third-order valence-electron chi connectivity index (χ3n) is 5.55. The molecule has 5 rings (SSSR count). The molecule has 0 atom stereocenters. The minimum atomic E-state index is -0.398. The van der Waals surface area contributed by atoms with E-state index in [2.05, 4.69) is 4.90 Å². The number of para-hydroxylation sites is 1. The van der Waals surface area contributed by atoms with Crippen LogP contribution in [0.25, 0.3) is 22.3 Å². The number of rotatable bonds is 3. The number of amides is 1. The maximum atomic E-state index is 13.5. The molecule has 3 aromatic carbocycles. The largest absolute Gasteiger partial charge is 0.352 e. The Bertz CT molecular complexity index is 1240. The molecule has 0 bridgehead atoms. The highest BCUT2D eigenvalue weighted by molar-refractivity contribution is 5.95. The number of piperazine rings is 1. The lowest BCUT2D eigenvalue weighted by Crippen LogP contribution is -2.49. The topological polar surface area (TPSA) is 49.3 Å². The molecule has 0 spiro atoms. The highest BCUT2D eigenvalue weighted by Gasteiger charge is 2.24. The summed E-state index contributed by atoms with van der Waals surface area (Å²) in [7, 11) is 0. The molecule has 31 heavy (non-hydrogen) atoms. The van der Waals surface area contributed by atoms with Crippen molar-refractivity contribution in [3.63, 3.8) is 0 Å². The van der Waals surface area contributed by atoms with Crippen LogP contribution in [0.2, 0.25) is 0 Å². The van der Waals surface area contributed by atoms with Crippen molar-refractivity contribution in [2.75, 3.05) is 31.1 Å². The summed E-state index contributed by atoms with van der Waals surface area (Å²) in [4.78, 5) is 26.4. The van der Waals surface area contributed by atoms with Crippen LogP contribution in [0.3, 0.4) is 0 Å². The third kappa shape index (κ3) is 3.84. The van der Waals surface area contributed by atoms with E-state index < -0.39 is 5.82 Å². The van der Waals surface area contributed by atoms with Crippen LogP contribution in [0.15, 0.2) is 78.9 Å². The number of benzene rings is 3. The second kappa shape index (κ2) is 8.14. The lowest BCUT2D eigenvalue weighted by molar-refractivity contribution is 0.0746. The fourth-order valence-corrected chi connectivity index (χ4v) is 3.94. The molecule has 1 fully saturated rings. The van der Waals surface area contributed by atoms with Gasteiger partial charge < -0.3 is 9.80 Å². The predicted octanol–water partition coefficient (Wildman–Crippen LogP) is 4.40. The van der Waals surface area contributed by atoms with E-state index in [1.807, 2.05) is 54.6 Å². The van der Waals surface area contributed by atoms with Crippen LogP contribution in [-0.4, -0.2) is 47.0 Å². The molecule has 1 aliphatic rings. The van der Waals surface area contributed by atoms with E-state index in [-0.39, 0.29) is 5.91 Å². The quantitative estimate of drug-likeness (QED) is 0.501. The first-order valence-electron chi connectivity index (χ1n) is 10.3. The van der Waals surface area contributed by atoms with Crippen molar-refractivity contribution >= 4 is 22.6 Å². The number of halogens is 1. The van der Waals surface area contributed by atoms with Gasteiger partial charge in [0.1, 0.15) is 11.6 Å². The van der Waals surface area contributed by atoms with E-state index in [1.54, 1.807) is 17.0 Å². The van der Waals surface area contributed by atoms with Gasteiger partial charge in [0, 0.05) is 42.7 Å². The van der Waals surface area contributed by atoms with Crippen LogP contribution < -0.4 is 4.90 Å². The SMILES string of the molecule is O=C(c1cccc(F)c1)N1CCN(c2nc(-c3ccccc3)nc3ccccc23)CC1. The van der Waals surface area contributed by atoms with Crippen molar-refractivity contribution < 1.29 is 9.18 Å². The van der Waals surface area contributed by atoms with Crippen LogP contribution in [0.1, 0.15) is 10.4 Å². The number of hydrogen-bond donors (Lipinski definition) is 0. The van der Waals surface area contributed by atoms with Gasteiger partial charge in [0.15, 0.2) is 5.82 Å². The Labute approximate surface area is 179 Å². The first-order valence-corrected chi connectivity index (χ1v) is 10.3. The predicted molar refractivity (Wildman–Crippen MR) is 119 cm³/mol. The zero-order valence-electron chi connectivity index (χ0n) is 16.9. The maximum absolute atomic E-state index is 13.5. The van der Waals surface area contributed by atoms with Gasteiger partial charge in [0.25, 0.3) is 5.91 Å². The molecule has 2 heterocycles. The molecule has 0 saturated carbocycles. The molecule has 0 unspecified atom stereocenters. The van der Waals surface area contributed by atoms with Crippen molar-refractivity contribution in [2.24, 2.45) is 0 Å². The Morgan fingerprint density at radius 3 is 2.32 bits per heavy atom. The fourth-order valence-electron chi connectivity index (χ4n) is 3.94. The second-order valence-electron chi connectivity index (χ2n) is 7.54. The molecular formula is C25H21FN4O. The molecule has 154 valence electrons. The van der Waals surface area contributed by atoms with Gasteiger partial charge in [-0.2, -0.15) is 0 Å².